The van der Waals surface area contributed by atoms with Crippen molar-refractivity contribution in [1.29, 1.82) is 0 Å². The molecule has 0 spiro atoms. The molecule has 5 nitrogen and oxygen atoms in total. The van der Waals surface area contributed by atoms with Gasteiger partial charge in [0, 0.05) is 16.8 Å². The van der Waals surface area contributed by atoms with Gasteiger partial charge in [-0.25, -0.2) is 12.8 Å². The Morgan fingerprint density at radius 1 is 1.33 bits per heavy atom. The van der Waals surface area contributed by atoms with Crippen LogP contribution in [0.4, 0.5) is 17.6 Å². The van der Waals surface area contributed by atoms with E-state index >= 15 is 0 Å². The number of nitrogens with zero attached hydrogens (tertiary/aromatic N) is 1. The molecule has 2 aliphatic rings. The number of nitrogens with one attached hydrogen (secondary N) is 1. The summed E-state index contributed by atoms with van der Waals surface area (Å²) in [6, 6.07) is 0.853. The topological polar surface area (TPSA) is 75.4 Å². The van der Waals surface area contributed by atoms with Gasteiger partial charge in [-0.2, -0.15) is 17.5 Å². The van der Waals surface area contributed by atoms with Crippen LogP contribution < -0.4 is 11.1 Å². The van der Waals surface area contributed by atoms with Gasteiger partial charge in [-0.1, -0.05) is 11.6 Å². The first-order valence-corrected chi connectivity index (χ1v) is 11.2. The fraction of sp³-hybridized carbons (Fsp3) is 0.733. The summed E-state index contributed by atoms with van der Waals surface area (Å²) >= 11 is 7.37. The van der Waals surface area contributed by atoms with E-state index < -0.39 is 53.0 Å². The van der Waals surface area contributed by atoms with Gasteiger partial charge in [0.05, 0.1) is 22.7 Å². The predicted molar refractivity (Wildman–Crippen MR) is 95.8 cm³/mol. The molecule has 0 radical (unpaired) electrons. The average Bonchev–Trinajstić information content (AvgIpc) is 2.92. The minimum Gasteiger partial charge on any atom is -0.303 e. The number of thiophene rings is 1. The second-order valence-electron chi connectivity index (χ2n) is 7.06. The van der Waals surface area contributed by atoms with E-state index in [2.05, 4.69) is 5.32 Å². The van der Waals surface area contributed by atoms with Crippen molar-refractivity contribution >= 4 is 33.0 Å². The molecule has 1 saturated carbocycles. The van der Waals surface area contributed by atoms with Crippen molar-refractivity contribution in [3.8, 4) is 0 Å². The molecule has 1 aromatic rings. The highest BCUT2D eigenvalue weighted by Crippen LogP contribution is 2.48. The molecule has 27 heavy (non-hydrogen) atoms. The molecule has 2 heterocycles. The molecule has 2 fully saturated rings. The van der Waals surface area contributed by atoms with E-state index in [1.165, 1.54) is 13.1 Å². The lowest BCUT2D eigenvalue weighted by atomic mass is 9.79. The van der Waals surface area contributed by atoms with Gasteiger partial charge < -0.3 is 5.73 Å². The van der Waals surface area contributed by atoms with Crippen LogP contribution in [-0.4, -0.2) is 44.2 Å². The van der Waals surface area contributed by atoms with Crippen molar-refractivity contribution < 1.29 is 26.0 Å². The second kappa shape index (κ2) is 7.42. The van der Waals surface area contributed by atoms with E-state index in [1.807, 2.05) is 0 Å². The molecule has 5 unspecified atom stereocenters. The van der Waals surface area contributed by atoms with Crippen LogP contribution in [0.1, 0.15) is 41.0 Å². The monoisotopic (exact) mass is 449 g/mol. The van der Waals surface area contributed by atoms with Gasteiger partial charge in [-0.05, 0) is 31.2 Å². The van der Waals surface area contributed by atoms with Gasteiger partial charge in [0.25, 0.3) is 0 Å². The van der Waals surface area contributed by atoms with Gasteiger partial charge in [0.15, 0.2) is 0 Å². The molecule has 3 rings (SSSR count). The number of sulfonamides is 1. The van der Waals surface area contributed by atoms with E-state index in [0.29, 0.717) is 9.75 Å². The summed E-state index contributed by atoms with van der Waals surface area (Å²) in [7, 11) is -2.24. The van der Waals surface area contributed by atoms with Crippen LogP contribution in [-0.2, 0) is 10.0 Å². The molecule has 0 bridgehead atoms. The van der Waals surface area contributed by atoms with Crippen molar-refractivity contribution in [1.82, 2.24) is 9.62 Å². The van der Waals surface area contributed by atoms with Gasteiger partial charge >= 0.3 is 6.18 Å². The molecule has 3 N–H and O–H groups in total. The Morgan fingerprint density at radius 2 is 2.00 bits per heavy atom. The zero-order chi connectivity index (χ0) is 20.1. The lowest BCUT2D eigenvalue weighted by molar-refractivity contribution is -0.188. The Balaban J connectivity index is 1.84. The molecule has 1 aromatic heterocycles. The zero-order valence-corrected chi connectivity index (χ0v) is 16.7. The zero-order valence-electron chi connectivity index (χ0n) is 14.3. The summed E-state index contributed by atoms with van der Waals surface area (Å²) in [4.78, 5) is 1.03. The predicted octanol–water partition coefficient (Wildman–Crippen LogP) is 3.33. The normalized spacial score (nSPS) is 35.3. The number of hydrogen-bond donors (Lipinski definition) is 2. The van der Waals surface area contributed by atoms with Crippen LogP contribution in [0.15, 0.2) is 6.07 Å². The third kappa shape index (κ3) is 4.43. The lowest BCUT2D eigenvalue weighted by Crippen LogP contribution is -2.59. The van der Waals surface area contributed by atoms with Crippen molar-refractivity contribution in [3.05, 3.63) is 20.8 Å². The van der Waals surface area contributed by atoms with E-state index in [-0.39, 0.29) is 23.6 Å². The SMILES string of the molecule is CN1C(N)NC(c2sc(C3CC(F)CC(C(F)(F)F)C3)cc2Cl)CS1(=O)=O. The first-order valence-electron chi connectivity index (χ1n) is 8.35. The van der Waals surface area contributed by atoms with E-state index in [9.17, 15) is 26.0 Å². The molecule has 0 amide bonds. The summed E-state index contributed by atoms with van der Waals surface area (Å²) in [5, 5.41) is 3.19. The molecular weight excluding hydrogens is 430 g/mol. The summed E-state index contributed by atoms with van der Waals surface area (Å²) in [6.07, 6.45) is -7.62. The Labute approximate surface area is 163 Å². The smallest absolute Gasteiger partial charge is 0.303 e. The lowest BCUT2D eigenvalue weighted by Gasteiger charge is -2.35. The van der Waals surface area contributed by atoms with Crippen LogP contribution in [0.25, 0.3) is 0 Å². The molecule has 5 atom stereocenters. The number of rotatable bonds is 2. The average molecular weight is 450 g/mol. The van der Waals surface area contributed by atoms with E-state index in [0.717, 1.165) is 15.6 Å². The van der Waals surface area contributed by atoms with E-state index in [4.69, 9.17) is 17.3 Å². The van der Waals surface area contributed by atoms with Crippen molar-refractivity contribution in [2.75, 3.05) is 12.8 Å². The third-order valence-electron chi connectivity index (χ3n) is 5.14. The molecule has 1 aliphatic carbocycles. The summed E-state index contributed by atoms with van der Waals surface area (Å²) in [5.41, 5.74) is 5.79. The molecule has 12 heteroatoms. The summed E-state index contributed by atoms with van der Waals surface area (Å²) in [6.45, 7) is 0. The number of nitrogens with two attached hydrogens (primary N) is 1. The highest BCUT2D eigenvalue weighted by Gasteiger charge is 2.46. The first kappa shape index (κ1) is 21.3. The fourth-order valence-electron chi connectivity index (χ4n) is 3.60. The van der Waals surface area contributed by atoms with Gasteiger partial charge in [-0.15, -0.1) is 11.3 Å². The molecular formula is C15H20ClF4N3O2S2. The van der Waals surface area contributed by atoms with Crippen molar-refractivity contribution in [2.24, 2.45) is 11.7 Å². The van der Waals surface area contributed by atoms with Crippen LogP contribution in [0.3, 0.4) is 0 Å². The van der Waals surface area contributed by atoms with Crippen LogP contribution in [0, 0.1) is 5.92 Å². The Hall–Kier alpha value is -0.460. The van der Waals surface area contributed by atoms with E-state index in [1.54, 1.807) is 0 Å². The summed E-state index contributed by atoms with van der Waals surface area (Å²) < 4.78 is 78.5. The van der Waals surface area contributed by atoms with Crippen LogP contribution in [0.5, 0.6) is 0 Å². The fourth-order valence-corrected chi connectivity index (χ4v) is 6.70. The maximum absolute atomic E-state index is 13.9. The number of hydrogen-bond acceptors (Lipinski definition) is 5. The number of halogens is 5. The van der Waals surface area contributed by atoms with Gasteiger partial charge in [-0.3, -0.25) is 5.32 Å². The molecule has 1 saturated heterocycles. The number of alkyl halides is 4. The highest BCUT2D eigenvalue weighted by molar-refractivity contribution is 7.89. The molecule has 1 aliphatic heterocycles. The minimum atomic E-state index is -4.44. The van der Waals surface area contributed by atoms with Gasteiger partial charge in [0.2, 0.25) is 10.0 Å². The Kier molecular flexibility index (Phi) is 5.84. The highest BCUT2D eigenvalue weighted by atomic mass is 35.5. The quantitative estimate of drug-likeness (QED) is 0.679. The first-order chi connectivity index (χ1) is 12.4. The minimum absolute atomic E-state index is 0.00150. The van der Waals surface area contributed by atoms with Crippen LogP contribution >= 0.6 is 22.9 Å². The standard InChI is InChI=1S/C15H20ClF4N3O2S2/c1-23-14(21)22-11(6-27(23,24)25)13-10(16)5-12(26-13)7-2-8(15(18,19)20)4-9(17)3-7/h5,7-9,11,14,22H,2-4,6,21H2,1H3. The van der Waals surface area contributed by atoms with Crippen molar-refractivity contribution in [3.63, 3.8) is 0 Å². The maximum atomic E-state index is 13.9. The largest absolute Gasteiger partial charge is 0.391 e. The molecule has 154 valence electrons. The van der Waals surface area contributed by atoms with Gasteiger partial charge in [0.1, 0.15) is 12.5 Å². The summed E-state index contributed by atoms with van der Waals surface area (Å²) in [5.74, 6) is -2.56. The Bertz CT molecular complexity index is 801. The third-order valence-corrected chi connectivity index (χ3v) is 8.84. The molecule has 0 aromatic carbocycles. The van der Waals surface area contributed by atoms with Crippen molar-refractivity contribution in [2.45, 2.75) is 49.9 Å². The Morgan fingerprint density at radius 3 is 2.59 bits per heavy atom. The second-order valence-corrected chi connectivity index (χ2v) is 10.7. The maximum Gasteiger partial charge on any atom is 0.391 e. The van der Waals surface area contributed by atoms with Crippen LogP contribution in [0.2, 0.25) is 5.02 Å².